The Morgan fingerprint density at radius 1 is 0.462 bits per heavy atom. The van der Waals surface area contributed by atoms with E-state index in [4.69, 9.17) is 13.8 Å². The van der Waals surface area contributed by atoms with Crippen molar-refractivity contribution in [2.45, 2.75) is 309 Å². The Labute approximate surface area is 483 Å². The second-order valence-corrected chi connectivity index (χ2v) is 24.7. The minimum absolute atomic E-state index is 0.0322. The van der Waals surface area contributed by atoms with Crippen LogP contribution in [-0.4, -0.2) is 74.3 Å². The number of hydrogen-bond acceptors (Lipinski definition) is 6. The number of likely N-dealkylation sites (N-methyl/N-ethyl adjacent to an activating group) is 1. The minimum atomic E-state index is -4.46. The molecule has 0 radical (unpaired) electrons. The third-order valence-corrected chi connectivity index (χ3v) is 15.4. The van der Waals surface area contributed by atoms with E-state index in [1.54, 1.807) is 0 Å². The summed E-state index contributed by atoms with van der Waals surface area (Å²) in [7, 11) is 1.47. The molecule has 0 fully saturated rings. The van der Waals surface area contributed by atoms with Gasteiger partial charge in [-0.05, 0) is 96.0 Å². The van der Waals surface area contributed by atoms with E-state index in [0.717, 1.165) is 83.5 Å². The van der Waals surface area contributed by atoms with Crippen LogP contribution in [0.3, 0.4) is 0 Å². The molecule has 9 nitrogen and oxygen atoms in total. The summed E-state index contributed by atoms with van der Waals surface area (Å²) in [6.07, 6.45) is 74.8. The summed E-state index contributed by atoms with van der Waals surface area (Å²) in [4.78, 5) is 37.8. The minimum Gasteiger partial charge on any atom is -0.456 e. The highest BCUT2D eigenvalue weighted by molar-refractivity contribution is 7.47. The first-order valence-corrected chi connectivity index (χ1v) is 34.3. The highest BCUT2D eigenvalue weighted by Crippen LogP contribution is 2.43. The second kappa shape index (κ2) is 57.7. The van der Waals surface area contributed by atoms with Crippen LogP contribution >= 0.6 is 7.82 Å². The quantitative estimate of drug-likeness (QED) is 0.0205. The molecule has 1 amide bonds. The number of phosphoric ester groups is 1. The number of ether oxygens (including phenoxy) is 1. The third kappa shape index (κ3) is 58.1. The Bertz CT molecular complexity index is 1570. The maximum absolute atomic E-state index is 13.5. The maximum atomic E-state index is 13.5. The largest absolute Gasteiger partial charge is 0.472 e. The molecule has 0 aromatic carbocycles. The summed E-state index contributed by atoms with van der Waals surface area (Å²) >= 11 is 0. The fraction of sp³-hybridized carbons (Fsp3) is 0.794. The second-order valence-electron chi connectivity index (χ2n) is 23.3. The van der Waals surface area contributed by atoms with Crippen LogP contribution < -0.4 is 5.32 Å². The number of carbonyl (C=O) groups excluding carboxylic acids is 2. The fourth-order valence-corrected chi connectivity index (χ4v) is 10.1. The predicted molar refractivity (Wildman–Crippen MR) is 337 cm³/mol. The van der Waals surface area contributed by atoms with E-state index in [1.807, 2.05) is 33.3 Å². The van der Waals surface area contributed by atoms with Gasteiger partial charge in [-0.1, -0.05) is 261 Å². The van der Waals surface area contributed by atoms with E-state index in [1.165, 1.54) is 173 Å². The van der Waals surface area contributed by atoms with Gasteiger partial charge in [0.2, 0.25) is 5.91 Å². The summed E-state index contributed by atoms with van der Waals surface area (Å²) in [5, 5.41) is 3.04. The molecule has 454 valence electrons. The van der Waals surface area contributed by atoms with Crippen LogP contribution in [0.15, 0.2) is 72.9 Å². The molecule has 0 heterocycles. The van der Waals surface area contributed by atoms with Crippen molar-refractivity contribution in [2.24, 2.45) is 0 Å². The fourth-order valence-electron chi connectivity index (χ4n) is 9.34. The lowest BCUT2D eigenvalue weighted by Gasteiger charge is -2.27. The Morgan fingerprint density at radius 2 is 0.821 bits per heavy atom. The molecule has 0 aromatic heterocycles. The number of nitrogens with one attached hydrogen (secondary N) is 1. The number of hydrogen-bond donors (Lipinski definition) is 2. The Hall–Kier alpha value is -2.55. The average Bonchev–Trinajstić information content (AvgIpc) is 3.40. The van der Waals surface area contributed by atoms with E-state index < -0.39 is 20.0 Å². The molecule has 0 spiro atoms. The van der Waals surface area contributed by atoms with Gasteiger partial charge in [-0.15, -0.1) is 0 Å². The highest BCUT2D eigenvalue weighted by Gasteiger charge is 2.30. The van der Waals surface area contributed by atoms with Gasteiger partial charge in [0.1, 0.15) is 19.3 Å². The molecule has 0 bridgehead atoms. The first-order chi connectivity index (χ1) is 37.9. The van der Waals surface area contributed by atoms with E-state index in [0.29, 0.717) is 23.9 Å². The van der Waals surface area contributed by atoms with Crippen LogP contribution in [0, 0.1) is 0 Å². The molecule has 0 aliphatic rings. The topological polar surface area (TPSA) is 111 Å². The normalized spacial score (nSPS) is 14.1. The van der Waals surface area contributed by atoms with E-state index in [9.17, 15) is 19.0 Å². The van der Waals surface area contributed by atoms with Crippen LogP contribution in [0.1, 0.15) is 297 Å². The van der Waals surface area contributed by atoms with Crippen molar-refractivity contribution < 1.29 is 37.3 Å². The van der Waals surface area contributed by atoms with Gasteiger partial charge in [-0.25, -0.2) is 4.57 Å². The Kier molecular flexibility index (Phi) is 55.8. The summed E-state index contributed by atoms with van der Waals surface area (Å²) in [5.74, 6) is -0.535. The van der Waals surface area contributed by atoms with Crippen LogP contribution in [0.4, 0.5) is 0 Å². The van der Waals surface area contributed by atoms with Gasteiger partial charge in [0.05, 0.1) is 33.8 Å². The van der Waals surface area contributed by atoms with Gasteiger partial charge < -0.3 is 19.4 Å². The zero-order valence-electron chi connectivity index (χ0n) is 51.9. The van der Waals surface area contributed by atoms with Crippen molar-refractivity contribution in [1.82, 2.24) is 5.32 Å². The van der Waals surface area contributed by atoms with Gasteiger partial charge in [-0.2, -0.15) is 0 Å². The summed E-state index contributed by atoms with van der Waals surface area (Å²) in [5.41, 5.74) is 0. The lowest BCUT2D eigenvalue weighted by atomic mass is 10.0. The number of esters is 1. The van der Waals surface area contributed by atoms with Gasteiger partial charge in [0.25, 0.3) is 0 Å². The first-order valence-electron chi connectivity index (χ1n) is 32.8. The lowest BCUT2D eigenvalue weighted by Crippen LogP contribution is -2.47. The summed E-state index contributed by atoms with van der Waals surface area (Å²) in [6.45, 7) is 6.89. The van der Waals surface area contributed by atoms with Crippen molar-refractivity contribution in [2.75, 3.05) is 40.9 Å². The van der Waals surface area contributed by atoms with Crippen LogP contribution in [0.25, 0.3) is 0 Å². The van der Waals surface area contributed by atoms with Crippen molar-refractivity contribution in [3.8, 4) is 0 Å². The molecular weight excluding hydrogens is 988 g/mol. The molecule has 0 aliphatic heterocycles. The molecule has 0 rings (SSSR count). The molecule has 0 aliphatic carbocycles. The molecule has 0 saturated heterocycles. The zero-order chi connectivity index (χ0) is 57.2. The van der Waals surface area contributed by atoms with Crippen molar-refractivity contribution >= 4 is 19.7 Å². The van der Waals surface area contributed by atoms with Gasteiger partial charge in [0.15, 0.2) is 0 Å². The molecule has 3 atom stereocenters. The van der Waals surface area contributed by atoms with E-state index in [-0.39, 0.29) is 31.5 Å². The molecule has 3 unspecified atom stereocenters. The number of allylic oxidation sites excluding steroid dienone is 11. The number of carbonyl (C=O) groups is 2. The Morgan fingerprint density at radius 3 is 1.26 bits per heavy atom. The smallest absolute Gasteiger partial charge is 0.456 e. The number of rotatable bonds is 59. The van der Waals surface area contributed by atoms with E-state index in [2.05, 4.69) is 86.8 Å². The summed E-state index contributed by atoms with van der Waals surface area (Å²) in [6, 6.07) is -0.867. The average molecular weight is 1110 g/mol. The molecule has 10 heteroatoms. The van der Waals surface area contributed by atoms with Crippen LogP contribution in [0.2, 0.25) is 0 Å². The van der Waals surface area contributed by atoms with Gasteiger partial charge in [0, 0.05) is 12.8 Å². The number of phosphoric acid groups is 1. The van der Waals surface area contributed by atoms with Crippen molar-refractivity contribution in [3.05, 3.63) is 72.9 Å². The number of nitrogens with zero attached hydrogens (tertiary/aromatic N) is 1. The summed E-state index contributed by atoms with van der Waals surface area (Å²) < 4.78 is 30.7. The van der Waals surface area contributed by atoms with Crippen LogP contribution in [0.5, 0.6) is 0 Å². The number of amides is 1. The molecule has 0 saturated carbocycles. The standard InChI is InChI=1S/C68H125N2O7P/c1-7-10-13-16-19-22-25-28-30-32-33-34-35-36-37-38-40-43-46-49-52-55-58-61-68(72)77-66(59-56-53-50-47-44-41-27-24-21-18-15-12-9-3)65(64-76-78(73,74)75-63-62-70(4,5)6)69-67(71)60-57-54-51-48-45-42-39-31-29-26-23-20-17-14-11-8-2/h11,14,20,23,28-31,42,45,56,59,65-66H,7-10,12-13,15-19,21-22,24-27,32-41,43-44,46-55,57-58,60-64H2,1-6H3,(H-,69,71,73,74)/p+1/b14-11+,23-20+,30-28+,31-29+,45-42+,59-56-. The van der Waals surface area contributed by atoms with Crippen molar-refractivity contribution in [1.29, 1.82) is 0 Å². The molecular formula is C68H126N2O7P+. The predicted octanol–water partition coefficient (Wildman–Crippen LogP) is 20.4. The van der Waals surface area contributed by atoms with Gasteiger partial charge in [-0.3, -0.25) is 18.6 Å². The highest BCUT2D eigenvalue weighted by atomic mass is 31.2. The Balaban J connectivity index is 5.21. The molecule has 2 N–H and O–H groups in total. The zero-order valence-corrected chi connectivity index (χ0v) is 52.8. The lowest BCUT2D eigenvalue weighted by molar-refractivity contribution is -0.870. The molecule has 0 aromatic rings. The van der Waals surface area contributed by atoms with Crippen LogP contribution in [-0.2, 0) is 27.9 Å². The van der Waals surface area contributed by atoms with Crippen molar-refractivity contribution in [3.63, 3.8) is 0 Å². The monoisotopic (exact) mass is 1110 g/mol. The SMILES string of the molecule is CC/C=C/C/C=C/C/C=C/C/C=C/CCCCCC(=O)NC(COP(=O)(O)OCC[N+](C)(C)C)C(/C=C\CCCCCCCCCCCCC)OC(=O)CCCCCCCCCCCCCCC/C=C/CCCCCCCC. The third-order valence-electron chi connectivity index (χ3n) is 14.4. The number of quaternary nitrogens is 1. The van der Waals surface area contributed by atoms with E-state index >= 15 is 0 Å². The maximum Gasteiger partial charge on any atom is 0.472 e. The first kappa shape index (κ1) is 75.5. The molecule has 78 heavy (non-hydrogen) atoms. The van der Waals surface area contributed by atoms with Gasteiger partial charge >= 0.3 is 13.8 Å². The number of unbranched alkanes of at least 4 members (excludes halogenated alkanes) is 33.